The van der Waals surface area contributed by atoms with Gasteiger partial charge in [-0.25, -0.2) is 9.78 Å². The van der Waals surface area contributed by atoms with Crippen molar-refractivity contribution in [3.8, 4) is 6.07 Å². The molecule has 0 saturated carbocycles. The summed E-state index contributed by atoms with van der Waals surface area (Å²) in [5.74, 6) is -0.167. The number of carbonyl (C=O) groups is 1. The number of aromatic carboxylic acids is 1. The number of hydrogen-bond acceptors (Lipinski definition) is 6. The van der Waals surface area contributed by atoms with Gasteiger partial charge in [-0.3, -0.25) is 4.68 Å². The smallest absolute Gasteiger partial charge is 0.356 e. The van der Waals surface area contributed by atoms with Gasteiger partial charge in [-0.2, -0.15) is 10.4 Å². The van der Waals surface area contributed by atoms with E-state index in [1.54, 1.807) is 12.3 Å². The summed E-state index contributed by atoms with van der Waals surface area (Å²) in [4.78, 5) is 18.2. The number of nitriles is 1. The zero-order valence-corrected chi connectivity index (χ0v) is 16.6. The van der Waals surface area contributed by atoms with Crippen LogP contribution in [0.1, 0.15) is 53.5 Å². The Kier molecular flexibility index (Phi) is 5.49. The van der Waals surface area contributed by atoms with Crippen LogP contribution in [0.4, 0.5) is 5.82 Å². The molecule has 2 aromatic heterocycles. The number of anilines is 1. The fraction of sp³-hybridized carbons (Fsp3) is 0.524. The van der Waals surface area contributed by atoms with E-state index >= 15 is 0 Å². The van der Waals surface area contributed by atoms with Crippen LogP contribution in [-0.4, -0.2) is 51.0 Å². The van der Waals surface area contributed by atoms with Gasteiger partial charge < -0.3 is 15.3 Å². The van der Waals surface area contributed by atoms with Crippen LogP contribution in [-0.2, 0) is 19.4 Å². The molecule has 2 aliphatic rings. The minimum absolute atomic E-state index is 0.211. The summed E-state index contributed by atoms with van der Waals surface area (Å²) in [6.07, 6.45) is 6.26. The van der Waals surface area contributed by atoms with Crippen molar-refractivity contribution in [1.29, 1.82) is 5.26 Å². The molecule has 0 spiro atoms. The topological polar surface area (TPSA) is 107 Å². The number of nitrogens with zero attached hydrogens (tertiary/aromatic N) is 5. The van der Waals surface area contributed by atoms with Gasteiger partial charge in [0, 0.05) is 49.2 Å². The molecule has 4 rings (SSSR count). The minimum atomic E-state index is -0.939. The largest absolute Gasteiger partial charge is 0.476 e. The number of piperidine rings is 1. The van der Waals surface area contributed by atoms with Crippen molar-refractivity contribution in [1.82, 2.24) is 20.1 Å². The summed E-state index contributed by atoms with van der Waals surface area (Å²) >= 11 is 0. The van der Waals surface area contributed by atoms with Gasteiger partial charge in [0.1, 0.15) is 11.9 Å². The molecule has 3 heterocycles. The first-order valence-electron chi connectivity index (χ1n) is 10.3. The van der Waals surface area contributed by atoms with Gasteiger partial charge in [0.25, 0.3) is 0 Å². The maximum absolute atomic E-state index is 11.6. The van der Waals surface area contributed by atoms with Crippen molar-refractivity contribution in [3.05, 3.63) is 40.8 Å². The van der Waals surface area contributed by atoms with Crippen LogP contribution in [0.3, 0.4) is 0 Å². The molecule has 1 aliphatic heterocycles. The van der Waals surface area contributed by atoms with Crippen LogP contribution in [0.15, 0.2) is 18.3 Å². The van der Waals surface area contributed by atoms with Crippen LogP contribution < -0.4 is 10.2 Å². The first-order chi connectivity index (χ1) is 14.1. The van der Waals surface area contributed by atoms with Crippen LogP contribution in [0.5, 0.6) is 0 Å². The molecular formula is C21H26N6O2. The van der Waals surface area contributed by atoms with Crippen LogP contribution in [0.2, 0.25) is 0 Å². The average molecular weight is 394 g/mol. The molecule has 2 N–H and O–H groups in total. The van der Waals surface area contributed by atoms with Gasteiger partial charge in [-0.1, -0.05) is 0 Å². The number of aromatic nitrogens is 3. The molecule has 8 nitrogen and oxygen atoms in total. The van der Waals surface area contributed by atoms with Gasteiger partial charge in [-0.05, 0) is 51.2 Å². The Morgan fingerprint density at radius 2 is 2.14 bits per heavy atom. The van der Waals surface area contributed by atoms with Crippen molar-refractivity contribution in [2.45, 2.75) is 57.7 Å². The van der Waals surface area contributed by atoms with E-state index in [9.17, 15) is 15.2 Å². The number of nitrogens with one attached hydrogen (secondary N) is 1. The SMILES string of the molecule is CCn1nc(C(=O)O)c2c1CCC(NC1CCN(c3ncccc3C#N)CC1)C2. The summed E-state index contributed by atoms with van der Waals surface area (Å²) in [6.45, 7) is 4.41. The fourth-order valence-electron chi connectivity index (χ4n) is 4.59. The van der Waals surface area contributed by atoms with Crippen LogP contribution in [0.25, 0.3) is 0 Å². The van der Waals surface area contributed by atoms with E-state index in [1.807, 2.05) is 17.7 Å². The zero-order chi connectivity index (χ0) is 20.4. The second-order valence-electron chi connectivity index (χ2n) is 7.75. The predicted octanol–water partition coefficient (Wildman–Crippen LogP) is 1.98. The number of fused-ring (bicyclic) bond motifs is 1. The lowest BCUT2D eigenvalue weighted by Gasteiger charge is -2.36. The molecule has 1 aliphatic carbocycles. The van der Waals surface area contributed by atoms with Crippen molar-refractivity contribution in [2.24, 2.45) is 0 Å². The number of rotatable bonds is 5. The maximum Gasteiger partial charge on any atom is 0.356 e. The second-order valence-corrected chi connectivity index (χ2v) is 7.75. The van der Waals surface area contributed by atoms with Gasteiger partial charge >= 0.3 is 5.97 Å². The van der Waals surface area contributed by atoms with Gasteiger partial charge in [-0.15, -0.1) is 0 Å². The monoisotopic (exact) mass is 394 g/mol. The average Bonchev–Trinajstić information content (AvgIpc) is 3.12. The van der Waals surface area contributed by atoms with Crippen molar-refractivity contribution in [3.63, 3.8) is 0 Å². The highest BCUT2D eigenvalue weighted by molar-refractivity contribution is 5.87. The molecule has 0 radical (unpaired) electrons. The lowest BCUT2D eigenvalue weighted by Crippen LogP contribution is -2.48. The molecule has 152 valence electrons. The van der Waals surface area contributed by atoms with Crippen LogP contribution >= 0.6 is 0 Å². The molecule has 1 fully saturated rings. The van der Waals surface area contributed by atoms with Crippen LogP contribution in [0, 0.1) is 11.3 Å². The number of carboxylic acid groups (broad SMARTS) is 1. The van der Waals surface area contributed by atoms with Gasteiger partial charge in [0.15, 0.2) is 5.69 Å². The maximum atomic E-state index is 11.6. The summed E-state index contributed by atoms with van der Waals surface area (Å²) < 4.78 is 1.84. The third-order valence-corrected chi connectivity index (χ3v) is 6.02. The van der Waals surface area contributed by atoms with E-state index in [2.05, 4.69) is 26.4 Å². The lowest BCUT2D eigenvalue weighted by molar-refractivity contribution is 0.0688. The van der Waals surface area contributed by atoms with Crippen molar-refractivity contribution < 1.29 is 9.90 Å². The van der Waals surface area contributed by atoms with Gasteiger partial charge in [0.05, 0.1) is 5.56 Å². The Balaban J connectivity index is 1.38. The highest BCUT2D eigenvalue weighted by atomic mass is 16.4. The molecule has 1 unspecified atom stereocenters. The number of carboxylic acids is 1. The lowest BCUT2D eigenvalue weighted by atomic mass is 9.90. The number of aryl methyl sites for hydroxylation is 1. The standard InChI is InChI=1S/C21H26N6O2/c1-2-27-18-6-5-16(12-17(18)19(25-27)21(28)29)24-15-7-10-26(11-8-15)20-14(13-22)4-3-9-23-20/h3-4,9,15-16,24H,2,5-8,10-12H2,1H3,(H,28,29). The van der Waals surface area contributed by atoms with E-state index < -0.39 is 5.97 Å². The summed E-state index contributed by atoms with van der Waals surface area (Å²) in [5.41, 5.74) is 2.81. The molecule has 1 saturated heterocycles. The van der Waals surface area contributed by atoms with E-state index in [0.29, 0.717) is 18.2 Å². The first kappa shape index (κ1) is 19.4. The Morgan fingerprint density at radius 3 is 2.83 bits per heavy atom. The Bertz CT molecular complexity index is 939. The molecule has 1 atom stereocenters. The molecule has 29 heavy (non-hydrogen) atoms. The Hall–Kier alpha value is -2.92. The molecule has 0 bridgehead atoms. The molecule has 0 aromatic carbocycles. The van der Waals surface area contributed by atoms with E-state index in [0.717, 1.165) is 62.3 Å². The molecular weight excluding hydrogens is 368 g/mol. The number of hydrogen-bond donors (Lipinski definition) is 2. The van der Waals surface area contributed by atoms with Gasteiger partial charge in [0.2, 0.25) is 0 Å². The summed E-state index contributed by atoms with van der Waals surface area (Å²) in [6, 6.07) is 6.49. The quantitative estimate of drug-likeness (QED) is 0.798. The molecule has 0 amide bonds. The third-order valence-electron chi connectivity index (χ3n) is 6.02. The zero-order valence-electron chi connectivity index (χ0n) is 16.6. The Labute approximate surface area is 170 Å². The first-order valence-corrected chi connectivity index (χ1v) is 10.3. The fourth-order valence-corrected chi connectivity index (χ4v) is 4.59. The summed E-state index contributed by atoms with van der Waals surface area (Å²) in [7, 11) is 0. The predicted molar refractivity (Wildman–Crippen MR) is 108 cm³/mol. The third kappa shape index (κ3) is 3.83. The highest BCUT2D eigenvalue weighted by Crippen LogP contribution is 2.27. The minimum Gasteiger partial charge on any atom is -0.476 e. The van der Waals surface area contributed by atoms with E-state index in [-0.39, 0.29) is 11.7 Å². The normalized spacial score (nSPS) is 19.6. The molecule has 8 heteroatoms. The molecule has 2 aromatic rings. The Morgan fingerprint density at radius 1 is 1.34 bits per heavy atom. The summed E-state index contributed by atoms with van der Waals surface area (Å²) in [5, 5.41) is 26.9. The second kappa shape index (κ2) is 8.21. The van der Waals surface area contributed by atoms with Crippen molar-refractivity contribution >= 4 is 11.8 Å². The highest BCUT2D eigenvalue weighted by Gasteiger charge is 2.30. The van der Waals surface area contributed by atoms with E-state index in [4.69, 9.17) is 0 Å². The van der Waals surface area contributed by atoms with E-state index in [1.165, 1.54) is 0 Å². The number of pyridine rings is 1. The van der Waals surface area contributed by atoms with Crippen molar-refractivity contribution in [2.75, 3.05) is 18.0 Å².